The van der Waals surface area contributed by atoms with Crippen LogP contribution < -0.4 is 10.6 Å². The Morgan fingerprint density at radius 2 is 1.90 bits per heavy atom. The number of amides is 3. The molecule has 3 aliphatic rings. The van der Waals surface area contributed by atoms with E-state index in [9.17, 15) is 19.5 Å². The fourth-order valence-corrected chi connectivity index (χ4v) is 6.47. The molecule has 0 saturated carbocycles. The van der Waals surface area contributed by atoms with Crippen molar-refractivity contribution < 1.29 is 24.2 Å². The third kappa shape index (κ3) is 4.13. The van der Waals surface area contributed by atoms with Crippen molar-refractivity contribution in [1.82, 2.24) is 15.5 Å². The van der Waals surface area contributed by atoms with Gasteiger partial charge in [0.1, 0.15) is 11.6 Å². The van der Waals surface area contributed by atoms with Gasteiger partial charge in [-0.05, 0) is 25.7 Å². The molecule has 3 unspecified atom stereocenters. The average Bonchev–Trinajstić information content (AvgIpc) is 3.34. The number of fused-ring (bicyclic) bond motifs is 1. The van der Waals surface area contributed by atoms with Crippen LogP contribution in [-0.4, -0.2) is 76.0 Å². The standard InChI is InChI=1S/C22H36BrN3O5/c1-4-7-8-10-25-20(29)18-22-11-14(23)17(31-22)15(19(28)24-9-5-2)16(22)21(30)26(18)13(6-3)12-27/h13-18,27H,4-12H2,1-3H3,(H,24,28)(H,25,29)/t13-,14?,15-,16-,17-,18?,22?/m0/s1. The van der Waals surface area contributed by atoms with Gasteiger partial charge < -0.3 is 25.4 Å². The number of carbonyl (C=O) groups is 3. The van der Waals surface area contributed by atoms with Crippen molar-refractivity contribution in [3.05, 3.63) is 0 Å². The third-order valence-corrected chi connectivity index (χ3v) is 7.83. The molecule has 0 aromatic heterocycles. The summed E-state index contributed by atoms with van der Waals surface area (Å²) in [5.41, 5.74) is -1.05. The van der Waals surface area contributed by atoms with E-state index in [1.807, 2.05) is 13.8 Å². The maximum Gasteiger partial charge on any atom is 0.245 e. The number of aliphatic hydroxyl groups excluding tert-OH is 1. The van der Waals surface area contributed by atoms with Crippen LogP contribution in [0.2, 0.25) is 0 Å². The number of unbranched alkanes of at least 4 members (excludes halogenated alkanes) is 2. The molecule has 31 heavy (non-hydrogen) atoms. The molecule has 9 heteroatoms. The van der Waals surface area contributed by atoms with Gasteiger partial charge >= 0.3 is 0 Å². The summed E-state index contributed by atoms with van der Waals surface area (Å²) in [7, 11) is 0. The quantitative estimate of drug-likeness (QED) is 0.292. The van der Waals surface area contributed by atoms with E-state index in [1.54, 1.807) is 0 Å². The number of rotatable bonds is 11. The van der Waals surface area contributed by atoms with Gasteiger partial charge in [-0.15, -0.1) is 0 Å². The van der Waals surface area contributed by atoms with Crippen molar-refractivity contribution in [2.24, 2.45) is 11.8 Å². The molecule has 0 radical (unpaired) electrons. The minimum absolute atomic E-state index is 0.113. The summed E-state index contributed by atoms with van der Waals surface area (Å²) in [6.07, 6.45) is 4.26. The number of hydrogen-bond acceptors (Lipinski definition) is 5. The maximum absolute atomic E-state index is 13.7. The highest BCUT2D eigenvalue weighted by Gasteiger charge is 2.76. The molecule has 3 saturated heterocycles. The Hall–Kier alpha value is -1.19. The molecule has 2 bridgehead atoms. The summed E-state index contributed by atoms with van der Waals surface area (Å²) in [5, 5.41) is 15.9. The lowest BCUT2D eigenvalue weighted by Gasteiger charge is -2.36. The summed E-state index contributed by atoms with van der Waals surface area (Å²) in [4.78, 5) is 41.5. The minimum Gasteiger partial charge on any atom is -0.394 e. The first-order chi connectivity index (χ1) is 14.9. The normalized spacial score (nSPS) is 34.7. The fraction of sp³-hybridized carbons (Fsp3) is 0.864. The molecule has 176 valence electrons. The van der Waals surface area contributed by atoms with Gasteiger partial charge in [0.25, 0.3) is 0 Å². The lowest BCUT2D eigenvalue weighted by Crippen LogP contribution is -2.58. The minimum atomic E-state index is -1.05. The van der Waals surface area contributed by atoms with Gasteiger partial charge in [-0.3, -0.25) is 14.4 Å². The summed E-state index contributed by atoms with van der Waals surface area (Å²) < 4.78 is 6.40. The number of alkyl halides is 1. The van der Waals surface area contributed by atoms with Crippen molar-refractivity contribution in [2.45, 2.75) is 87.9 Å². The molecule has 1 spiro atoms. The number of nitrogens with one attached hydrogen (secondary N) is 2. The van der Waals surface area contributed by atoms with Crippen molar-refractivity contribution in [3.63, 3.8) is 0 Å². The Morgan fingerprint density at radius 1 is 1.19 bits per heavy atom. The second-order valence-corrected chi connectivity index (χ2v) is 10.1. The zero-order chi connectivity index (χ0) is 22.8. The van der Waals surface area contributed by atoms with Gasteiger partial charge in [-0.1, -0.05) is 49.5 Å². The molecule has 0 aromatic rings. The Bertz CT molecular complexity index is 688. The SMILES string of the molecule is CCCCCNC(=O)C1N([C@@H](CC)CO)C(=O)[C@@H]2[C@H](C(=O)NCCC)[C@H]3OC12CC3Br. The summed E-state index contributed by atoms with van der Waals surface area (Å²) in [6, 6.07) is -1.34. The Balaban J connectivity index is 1.95. The molecule has 8 nitrogen and oxygen atoms in total. The van der Waals surface area contributed by atoms with E-state index >= 15 is 0 Å². The van der Waals surface area contributed by atoms with E-state index in [4.69, 9.17) is 4.74 Å². The molecule has 3 fully saturated rings. The van der Waals surface area contributed by atoms with E-state index in [0.717, 1.165) is 25.7 Å². The fourth-order valence-electron chi connectivity index (χ4n) is 5.52. The highest BCUT2D eigenvalue weighted by Crippen LogP contribution is 2.60. The van der Waals surface area contributed by atoms with Gasteiger partial charge in [0.2, 0.25) is 17.7 Å². The van der Waals surface area contributed by atoms with Crippen molar-refractivity contribution in [3.8, 4) is 0 Å². The first-order valence-corrected chi connectivity index (χ1v) is 12.6. The van der Waals surface area contributed by atoms with Crippen LogP contribution in [0.4, 0.5) is 0 Å². The van der Waals surface area contributed by atoms with Gasteiger partial charge in [0.15, 0.2) is 0 Å². The van der Waals surface area contributed by atoms with Crippen molar-refractivity contribution >= 4 is 33.7 Å². The number of hydrogen-bond donors (Lipinski definition) is 3. The number of nitrogens with zero attached hydrogens (tertiary/aromatic N) is 1. The van der Waals surface area contributed by atoms with Gasteiger partial charge in [-0.25, -0.2) is 0 Å². The van der Waals surface area contributed by atoms with Gasteiger partial charge in [0, 0.05) is 17.9 Å². The molecular weight excluding hydrogens is 466 g/mol. The Labute approximate surface area is 193 Å². The molecule has 0 aromatic carbocycles. The first-order valence-electron chi connectivity index (χ1n) is 11.7. The van der Waals surface area contributed by atoms with Crippen LogP contribution >= 0.6 is 15.9 Å². The molecule has 3 amide bonds. The zero-order valence-electron chi connectivity index (χ0n) is 18.7. The predicted octanol–water partition coefficient (Wildman–Crippen LogP) is 1.34. The number of ether oxygens (including phenoxy) is 1. The largest absolute Gasteiger partial charge is 0.394 e. The lowest BCUT2D eigenvalue weighted by atomic mass is 9.70. The van der Waals surface area contributed by atoms with E-state index in [2.05, 4.69) is 33.5 Å². The monoisotopic (exact) mass is 501 g/mol. The molecule has 7 atom stereocenters. The topological polar surface area (TPSA) is 108 Å². The molecule has 3 aliphatic heterocycles. The maximum atomic E-state index is 13.7. The van der Waals surface area contributed by atoms with E-state index in [0.29, 0.717) is 25.9 Å². The van der Waals surface area contributed by atoms with Crippen molar-refractivity contribution in [1.29, 1.82) is 0 Å². The van der Waals surface area contributed by atoms with Crippen LogP contribution in [0.15, 0.2) is 0 Å². The van der Waals surface area contributed by atoms with Crippen LogP contribution in [0.1, 0.15) is 59.3 Å². The van der Waals surface area contributed by atoms with Crippen LogP contribution in [0.25, 0.3) is 0 Å². The smallest absolute Gasteiger partial charge is 0.245 e. The molecule has 0 aliphatic carbocycles. The lowest BCUT2D eigenvalue weighted by molar-refractivity contribution is -0.145. The predicted molar refractivity (Wildman–Crippen MR) is 120 cm³/mol. The number of likely N-dealkylation sites (tertiary alicyclic amines) is 1. The van der Waals surface area contributed by atoms with Gasteiger partial charge in [-0.2, -0.15) is 0 Å². The molecular formula is C22H36BrN3O5. The third-order valence-electron chi connectivity index (χ3n) is 6.98. The van der Waals surface area contributed by atoms with Gasteiger partial charge in [0.05, 0.1) is 30.6 Å². The van der Waals surface area contributed by atoms with E-state index in [-0.39, 0.29) is 29.2 Å². The highest BCUT2D eigenvalue weighted by molar-refractivity contribution is 9.09. The van der Waals surface area contributed by atoms with Crippen LogP contribution in [0.3, 0.4) is 0 Å². The second-order valence-electron chi connectivity index (χ2n) is 8.94. The van der Waals surface area contributed by atoms with E-state index in [1.165, 1.54) is 4.90 Å². The first kappa shape index (κ1) is 24.5. The zero-order valence-corrected chi connectivity index (χ0v) is 20.3. The van der Waals surface area contributed by atoms with Crippen LogP contribution in [-0.2, 0) is 19.1 Å². The second kappa shape index (κ2) is 10.2. The molecule has 3 N–H and O–H groups in total. The summed E-state index contributed by atoms with van der Waals surface area (Å²) >= 11 is 3.65. The van der Waals surface area contributed by atoms with Crippen LogP contribution in [0, 0.1) is 11.8 Å². The Morgan fingerprint density at radius 3 is 2.52 bits per heavy atom. The number of halogens is 1. The Kier molecular flexibility index (Phi) is 8.02. The summed E-state index contributed by atoms with van der Waals surface area (Å²) in [6.45, 7) is 6.78. The number of aliphatic hydroxyl groups is 1. The molecule has 3 heterocycles. The van der Waals surface area contributed by atoms with Crippen LogP contribution in [0.5, 0.6) is 0 Å². The summed E-state index contributed by atoms with van der Waals surface area (Å²) in [5.74, 6) is -2.07. The van der Waals surface area contributed by atoms with E-state index < -0.39 is 35.6 Å². The number of carbonyl (C=O) groups excluding carboxylic acids is 3. The molecule has 3 rings (SSSR count). The van der Waals surface area contributed by atoms with Crippen molar-refractivity contribution in [2.75, 3.05) is 19.7 Å². The highest BCUT2D eigenvalue weighted by atomic mass is 79.9. The average molecular weight is 502 g/mol.